The normalized spacial score (nSPS) is 17.8. The number of nitrogens with zero attached hydrogens (tertiary/aromatic N) is 1. The Bertz CT molecular complexity index is 918. The molecule has 0 spiro atoms. The van der Waals surface area contributed by atoms with E-state index in [1.165, 1.54) is 0 Å². The molecule has 0 aromatic heterocycles. The quantitative estimate of drug-likeness (QED) is 0.768. The van der Waals surface area contributed by atoms with E-state index in [1.807, 2.05) is 19.1 Å². The van der Waals surface area contributed by atoms with Gasteiger partial charge in [0.1, 0.15) is 13.2 Å². The number of carbonyl (C=O) groups is 2. The molecule has 2 aromatic carbocycles. The first-order valence-corrected chi connectivity index (χ1v) is 8.88. The third-order valence-electron chi connectivity index (χ3n) is 4.85. The summed E-state index contributed by atoms with van der Waals surface area (Å²) in [4.78, 5) is 26.8. The molecule has 2 heterocycles. The maximum atomic E-state index is 12.7. The van der Waals surface area contributed by atoms with Crippen molar-refractivity contribution in [2.45, 2.75) is 13.3 Å². The van der Waals surface area contributed by atoms with Crippen LogP contribution in [0.4, 0.5) is 17.1 Å². The molecule has 1 fully saturated rings. The molecule has 4 rings (SSSR count). The van der Waals surface area contributed by atoms with Crippen LogP contribution in [-0.2, 0) is 9.59 Å². The average molecular weight is 404 g/mol. The SMILES string of the molecule is Cc1ccc(N)cc1NC(=O)C1CC(=O)N(c2ccc3c(c2)OCCO3)C1.Cl. The third-order valence-corrected chi connectivity index (χ3v) is 4.85. The van der Waals surface area contributed by atoms with Crippen LogP contribution in [0.2, 0.25) is 0 Å². The Balaban J connectivity index is 0.00000225. The van der Waals surface area contributed by atoms with Crippen LogP contribution in [0.15, 0.2) is 36.4 Å². The summed E-state index contributed by atoms with van der Waals surface area (Å²) in [6.07, 6.45) is 0.168. The van der Waals surface area contributed by atoms with E-state index in [0.717, 1.165) is 5.56 Å². The fourth-order valence-electron chi connectivity index (χ4n) is 3.34. The van der Waals surface area contributed by atoms with E-state index in [0.29, 0.717) is 48.3 Å². The molecule has 1 unspecified atom stereocenters. The molecule has 28 heavy (non-hydrogen) atoms. The van der Waals surface area contributed by atoms with Crippen molar-refractivity contribution in [3.63, 3.8) is 0 Å². The number of carbonyl (C=O) groups excluding carboxylic acids is 2. The van der Waals surface area contributed by atoms with Crippen molar-refractivity contribution < 1.29 is 19.1 Å². The summed E-state index contributed by atoms with van der Waals surface area (Å²) in [5, 5.41) is 2.89. The highest BCUT2D eigenvalue weighted by Gasteiger charge is 2.35. The van der Waals surface area contributed by atoms with Crippen molar-refractivity contribution >= 4 is 41.3 Å². The second kappa shape index (κ2) is 7.98. The summed E-state index contributed by atoms with van der Waals surface area (Å²) in [5.74, 6) is 0.595. The number of nitrogens with two attached hydrogens (primary N) is 1. The topological polar surface area (TPSA) is 93.9 Å². The van der Waals surface area contributed by atoms with Crippen molar-refractivity contribution in [2.24, 2.45) is 5.92 Å². The van der Waals surface area contributed by atoms with Crippen LogP contribution in [0.3, 0.4) is 0 Å². The van der Waals surface area contributed by atoms with Gasteiger partial charge in [-0.1, -0.05) is 6.07 Å². The molecule has 8 heteroatoms. The van der Waals surface area contributed by atoms with Gasteiger partial charge in [0, 0.05) is 36.1 Å². The fourth-order valence-corrected chi connectivity index (χ4v) is 3.34. The number of benzene rings is 2. The zero-order valence-electron chi connectivity index (χ0n) is 15.4. The molecule has 1 saturated heterocycles. The number of nitrogens with one attached hydrogen (secondary N) is 1. The Labute approximate surface area is 169 Å². The van der Waals surface area contributed by atoms with E-state index in [2.05, 4.69) is 5.32 Å². The van der Waals surface area contributed by atoms with Crippen LogP contribution in [0.25, 0.3) is 0 Å². The summed E-state index contributed by atoms with van der Waals surface area (Å²) >= 11 is 0. The maximum absolute atomic E-state index is 12.7. The number of fused-ring (bicyclic) bond motifs is 1. The molecule has 0 saturated carbocycles. The smallest absolute Gasteiger partial charge is 0.229 e. The highest BCUT2D eigenvalue weighted by atomic mass is 35.5. The van der Waals surface area contributed by atoms with Gasteiger partial charge < -0.3 is 25.4 Å². The van der Waals surface area contributed by atoms with Gasteiger partial charge in [-0.05, 0) is 36.8 Å². The van der Waals surface area contributed by atoms with Gasteiger partial charge in [0.05, 0.1) is 5.92 Å². The van der Waals surface area contributed by atoms with E-state index in [4.69, 9.17) is 15.2 Å². The lowest BCUT2D eigenvalue weighted by Crippen LogP contribution is -2.28. The van der Waals surface area contributed by atoms with E-state index >= 15 is 0 Å². The summed E-state index contributed by atoms with van der Waals surface area (Å²) < 4.78 is 11.1. The first kappa shape index (κ1) is 19.8. The lowest BCUT2D eigenvalue weighted by Gasteiger charge is -2.22. The minimum Gasteiger partial charge on any atom is -0.486 e. The second-order valence-corrected chi connectivity index (χ2v) is 6.80. The minimum absolute atomic E-state index is 0. The zero-order valence-corrected chi connectivity index (χ0v) is 16.3. The monoisotopic (exact) mass is 403 g/mol. The number of rotatable bonds is 3. The molecule has 7 nitrogen and oxygen atoms in total. The Kier molecular flexibility index (Phi) is 5.65. The maximum Gasteiger partial charge on any atom is 0.229 e. The van der Waals surface area contributed by atoms with Gasteiger partial charge in [-0.2, -0.15) is 0 Å². The van der Waals surface area contributed by atoms with Crippen LogP contribution < -0.4 is 25.4 Å². The summed E-state index contributed by atoms with van der Waals surface area (Å²) in [5.41, 5.74) is 8.68. The fraction of sp³-hybridized carbons (Fsp3) is 0.300. The van der Waals surface area contributed by atoms with Gasteiger partial charge in [0.25, 0.3) is 0 Å². The Morgan fingerprint density at radius 3 is 2.68 bits per heavy atom. The van der Waals surface area contributed by atoms with Crippen LogP contribution >= 0.6 is 12.4 Å². The summed E-state index contributed by atoms with van der Waals surface area (Å²) in [6.45, 7) is 3.22. The summed E-state index contributed by atoms with van der Waals surface area (Å²) in [7, 11) is 0. The van der Waals surface area contributed by atoms with Crippen LogP contribution in [0, 0.1) is 12.8 Å². The minimum atomic E-state index is -0.425. The Morgan fingerprint density at radius 2 is 1.89 bits per heavy atom. The number of anilines is 3. The highest BCUT2D eigenvalue weighted by molar-refractivity contribution is 6.04. The van der Waals surface area contributed by atoms with Gasteiger partial charge in [-0.25, -0.2) is 0 Å². The molecule has 3 N–H and O–H groups in total. The largest absolute Gasteiger partial charge is 0.486 e. The molecule has 0 aliphatic carbocycles. The molecule has 1 atom stereocenters. The number of halogens is 1. The zero-order chi connectivity index (χ0) is 19.0. The number of hydrogen-bond donors (Lipinski definition) is 2. The number of hydrogen-bond acceptors (Lipinski definition) is 5. The number of nitrogen functional groups attached to an aromatic ring is 1. The van der Waals surface area contributed by atoms with Crippen LogP contribution in [0.1, 0.15) is 12.0 Å². The van der Waals surface area contributed by atoms with E-state index < -0.39 is 5.92 Å². The van der Waals surface area contributed by atoms with E-state index in [-0.39, 0.29) is 30.6 Å². The molecule has 2 aliphatic rings. The molecule has 2 amide bonds. The van der Waals surface area contributed by atoms with Crippen LogP contribution in [-0.4, -0.2) is 31.6 Å². The lowest BCUT2D eigenvalue weighted by atomic mass is 10.1. The average Bonchev–Trinajstić information content (AvgIpc) is 3.06. The van der Waals surface area contributed by atoms with Crippen molar-refractivity contribution in [1.82, 2.24) is 0 Å². The second-order valence-electron chi connectivity index (χ2n) is 6.80. The predicted molar refractivity (Wildman–Crippen MR) is 109 cm³/mol. The molecular weight excluding hydrogens is 382 g/mol. The number of ether oxygens (including phenoxy) is 2. The van der Waals surface area contributed by atoms with Gasteiger partial charge in [-0.3, -0.25) is 9.59 Å². The van der Waals surface area contributed by atoms with Crippen LogP contribution in [0.5, 0.6) is 11.5 Å². The Hall–Kier alpha value is -2.93. The van der Waals surface area contributed by atoms with E-state index in [1.54, 1.807) is 29.2 Å². The number of amides is 2. The third kappa shape index (κ3) is 3.84. The first-order chi connectivity index (χ1) is 13.0. The van der Waals surface area contributed by atoms with Crippen molar-refractivity contribution in [2.75, 3.05) is 35.7 Å². The molecular formula is C20H22ClN3O4. The van der Waals surface area contributed by atoms with Gasteiger partial charge in [-0.15, -0.1) is 12.4 Å². The van der Waals surface area contributed by atoms with Crippen molar-refractivity contribution in [3.05, 3.63) is 42.0 Å². The van der Waals surface area contributed by atoms with E-state index in [9.17, 15) is 9.59 Å². The Morgan fingerprint density at radius 1 is 1.14 bits per heavy atom. The molecule has 0 radical (unpaired) electrons. The highest BCUT2D eigenvalue weighted by Crippen LogP contribution is 2.36. The van der Waals surface area contributed by atoms with Gasteiger partial charge >= 0.3 is 0 Å². The number of aryl methyl sites for hydroxylation is 1. The first-order valence-electron chi connectivity index (χ1n) is 8.88. The van der Waals surface area contributed by atoms with Gasteiger partial charge in [0.2, 0.25) is 11.8 Å². The molecule has 2 aromatic rings. The van der Waals surface area contributed by atoms with Crippen molar-refractivity contribution in [3.8, 4) is 11.5 Å². The lowest BCUT2D eigenvalue weighted by molar-refractivity contribution is -0.122. The van der Waals surface area contributed by atoms with Gasteiger partial charge in [0.15, 0.2) is 11.5 Å². The van der Waals surface area contributed by atoms with Crippen molar-refractivity contribution in [1.29, 1.82) is 0 Å². The predicted octanol–water partition coefficient (Wildman–Crippen LogP) is 2.76. The molecule has 0 bridgehead atoms. The summed E-state index contributed by atoms with van der Waals surface area (Å²) in [6, 6.07) is 10.8. The molecule has 2 aliphatic heterocycles. The standard InChI is InChI=1S/C20H21N3O4.ClH/c1-12-2-3-14(21)9-16(12)22-20(25)13-8-19(24)23(11-13)15-4-5-17-18(10-15)27-7-6-26-17;/h2-5,9-10,13H,6-8,11,21H2,1H3,(H,22,25);1H. The molecule has 148 valence electrons.